The number of unbranched alkanes of at least 4 members (excludes halogenated alkanes) is 14. The number of carboxylic acid groups (broad SMARTS) is 1. The topological polar surface area (TPSA) is 63.6 Å². The standard InChI is InChI=1S/C26H50O4/c1-3-5-7-9-15-19-23-30-26(29)24(20-16-8-6-4-2)21-17-13-11-10-12-14-18-22-25(27)28/h24H,3-23H2,1-2H3,(H,27,28). The van der Waals surface area contributed by atoms with Gasteiger partial charge in [0.1, 0.15) is 0 Å². The van der Waals surface area contributed by atoms with E-state index < -0.39 is 5.97 Å². The Morgan fingerprint density at radius 3 is 1.60 bits per heavy atom. The van der Waals surface area contributed by atoms with Crippen molar-refractivity contribution in [3.8, 4) is 0 Å². The zero-order valence-electron chi connectivity index (χ0n) is 20.1. The molecule has 0 saturated heterocycles. The smallest absolute Gasteiger partial charge is 0.308 e. The molecule has 0 heterocycles. The van der Waals surface area contributed by atoms with Gasteiger partial charge >= 0.3 is 11.9 Å². The van der Waals surface area contributed by atoms with Crippen LogP contribution in [0.2, 0.25) is 0 Å². The molecule has 0 aliphatic carbocycles. The number of aliphatic carboxylic acids is 1. The van der Waals surface area contributed by atoms with Crippen molar-refractivity contribution in [2.75, 3.05) is 6.61 Å². The summed E-state index contributed by atoms with van der Waals surface area (Å²) in [4.78, 5) is 23.1. The minimum atomic E-state index is -0.691. The summed E-state index contributed by atoms with van der Waals surface area (Å²) in [6.07, 6.45) is 21.9. The lowest BCUT2D eigenvalue weighted by molar-refractivity contribution is -0.149. The third-order valence-electron chi connectivity index (χ3n) is 5.92. The molecular formula is C26H50O4. The van der Waals surface area contributed by atoms with Crippen molar-refractivity contribution in [3.63, 3.8) is 0 Å². The summed E-state index contributed by atoms with van der Waals surface area (Å²) in [5, 5.41) is 8.65. The number of rotatable bonds is 23. The van der Waals surface area contributed by atoms with Crippen molar-refractivity contribution in [2.24, 2.45) is 5.92 Å². The van der Waals surface area contributed by atoms with Crippen molar-refractivity contribution < 1.29 is 19.4 Å². The fourth-order valence-electron chi connectivity index (χ4n) is 3.92. The van der Waals surface area contributed by atoms with Gasteiger partial charge in [0.25, 0.3) is 0 Å². The lowest BCUT2D eigenvalue weighted by atomic mass is 9.94. The van der Waals surface area contributed by atoms with Gasteiger partial charge in [0.05, 0.1) is 12.5 Å². The Bertz CT molecular complexity index is 394. The molecule has 0 saturated carbocycles. The number of hydrogen-bond acceptors (Lipinski definition) is 3. The van der Waals surface area contributed by atoms with Crippen LogP contribution < -0.4 is 0 Å². The van der Waals surface area contributed by atoms with Gasteiger partial charge in [-0.1, -0.05) is 110 Å². The van der Waals surface area contributed by atoms with Crippen molar-refractivity contribution in [1.29, 1.82) is 0 Å². The highest BCUT2D eigenvalue weighted by atomic mass is 16.5. The predicted octanol–water partition coefficient (Wildman–Crippen LogP) is 8.07. The van der Waals surface area contributed by atoms with E-state index in [1.54, 1.807) is 0 Å². The van der Waals surface area contributed by atoms with Crippen molar-refractivity contribution in [2.45, 2.75) is 142 Å². The average Bonchev–Trinajstić information content (AvgIpc) is 2.72. The van der Waals surface area contributed by atoms with Crippen LogP contribution in [0.5, 0.6) is 0 Å². The van der Waals surface area contributed by atoms with Crippen molar-refractivity contribution >= 4 is 11.9 Å². The zero-order valence-corrected chi connectivity index (χ0v) is 20.1. The van der Waals surface area contributed by atoms with Crippen LogP contribution in [0.4, 0.5) is 0 Å². The highest BCUT2D eigenvalue weighted by molar-refractivity contribution is 5.72. The Kier molecular flexibility index (Phi) is 21.8. The van der Waals surface area contributed by atoms with E-state index in [1.807, 2.05) is 0 Å². The number of esters is 1. The number of hydrogen-bond donors (Lipinski definition) is 1. The number of carbonyl (C=O) groups excluding carboxylic acids is 1. The second-order valence-electron chi connectivity index (χ2n) is 8.89. The molecule has 1 N–H and O–H groups in total. The van der Waals surface area contributed by atoms with Crippen LogP contribution in [-0.4, -0.2) is 23.7 Å². The van der Waals surface area contributed by atoms with Gasteiger partial charge in [-0.3, -0.25) is 9.59 Å². The first-order valence-electron chi connectivity index (χ1n) is 13.0. The summed E-state index contributed by atoms with van der Waals surface area (Å²) in [6, 6.07) is 0. The summed E-state index contributed by atoms with van der Waals surface area (Å²) < 4.78 is 5.62. The molecule has 1 unspecified atom stereocenters. The van der Waals surface area contributed by atoms with Gasteiger partial charge in [-0.05, 0) is 25.7 Å². The molecule has 4 heteroatoms. The second kappa shape index (κ2) is 22.6. The van der Waals surface area contributed by atoms with Gasteiger partial charge in [-0.25, -0.2) is 0 Å². The SMILES string of the molecule is CCCCCCCCOC(=O)C(CCCCCC)CCCCCCCCCC(=O)O. The third-order valence-corrected chi connectivity index (χ3v) is 5.92. The van der Waals surface area contributed by atoms with Gasteiger partial charge in [0, 0.05) is 6.42 Å². The molecule has 0 aromatic heterocycles. The third kappa shape index (κ3) is 20.2. The molecule has 178 valence electrons. The maximum Gasteiger partial charge on any atom is 0.308 e. The molecule has 0 aromatic rings. The molecule has 0 aliphatic rings. The molecule has 0 aromatic carbocycles. The predicted molar refractivity (Wildman–Crippen MR) is 126 cm³/mol. The van der Waals surface area contributed by atoms with E-state index in [0.29, 0.717) is 13.0 Å². The summed E-state index contributed by atoms with van der Waals surface area (Å²) in [5.74, 6) is -0.574. The quantitative estimate of drug-likeness (QED) is 0.132. The van der Waals surface area contributed by atoms with Gasteiger partial charge in [-0.2, -0.15) is 0 Å². The Morgan fingerprint density at radius 2 is 1.07 bits per heavy atom. The van der Waals surface area contributed by atoms with Gasteiger partial charge in [0.15, 0.2) is 0 Å². The second-order valence-corrected chi connectivity index (χ2v) is 8.89. The molecule has 0 aliphatic heterocycles. The Morgan fingerprint density at radius 1 is 0.633 bits per heavy atom. The van der Waals surface area contributed by atoms with Crippen LogP contribution in [0.25, 0.3) is 0 Å². The lowest BCUT2D eigenvalue weighted by Gasteiger charge is -2.16. The van der Waals surface area contributed by atoms with Gasteiger partial charge in [-0.15, -0.1) is 0 Å². The van der Waals surface area contributed by atoms with E-state index >= 15 is 0 Å². The number of carboxylic acids is 1. The van der Waals surface area contributed by atoms with E-state index in [2.05, 4.69) is 13.8 Å². The molecule has 0 spiro atoms. The molecule has 0 amide bonds. The maximum atomic E-state index is 12.6. The first kappa shape index (κ1) is 28.9. The highest BCUT2D eigenvalue weighted by Gasteiger charge is 2.19. The first-order valence-corrected chi connectivity index (χ1v) is 13.0. The summed E-state index contributed by atoms with van der Waals surface area (Å²) in [6.45, 7) is 5.03. The van der Waals surface area contributed by atoms with Crippen LogP contribution in [0.3, 0.4) is 0 Å². The van der Waals surface area contributed by atoms with E-state index in [-0.39, 0.29) is 11.9 Å². The Balaban J connectivity index is 3.94. The molecule has 0 bridgehead atoms. The van der Waals surface area contributed by atoms with E-state index in [0.717, 1.165) is 57.8 Å². The normalized spacial score (nSPS) is 12.1. The fourth-order valence-corrected chi connectivity index (χ4v) is 3.92. The summed E-state index contributed by atoms with van der Waals surface area (Å²) in [7, 11) is 0. The number of ether oxygens (including phenoxy) is 1. The molecule has 0 rings (SSSR count). The molecular weight excluding hydrogens is 376 g/mol. The minimum absolute atomic E-state index is 0.0359. The van der Waals surface area contributed by atoms with Gasteiger partial charge in [0.2, 0.25) is 0 Å². The maximum absolute atomic E-state index is 12.6. The minimum Gasteiger partial charge on any atom is -0.481 e. The summed E-state index contributed by atoms with van der Waals surface area (Å²) in [5.41, 5.74) is 0. The lowest BCUT2D eigenvalue weighted by Crippen LogP contribution is -2.18. The summed E-state index contributed by atoms with van der Waals surface area (Å²) >= 11 is 0. The van der Waals surface area contributed by atoms with Crippen LogP contribution in [0.15, 0.2) is 0 Å². The fraction of sp³-hybridized carbons (Fsp3) is 0.923. The van der Waals surface area contributed by atoms with Crippen LogP contribution >= 0.6 is 0 Å². The molecule has 0 radical (unpaired) electrons. The van der Waals surface area contributed by atoms with E-state index in [4.69, 9.17) is 9.84 Å². The zero-order chi connectivity index (χ0) is 22.3. The van der Waals surface area contributed by atoms with Crippen molar-refractivity contribution in [1.82, 2.24) is 0 Å². The first-order chi connectivity index (χ1) is 14.6. The Hall–Kier alpha value is -1.06. The molecule has 4 nitrogen and oxygen atoms in total. The molecule has 30 heavy (non-hydrogen) atoms. The average molecular weight is 427 g/mol. The van der Waals surface area contributed by atoms with Crippen LogP contribution in [-0.2, 0) is 14.3 Å². The molecule has 1 atom stereocenters. The van der Waals surface area contributed by atoms with Crippen LogP contribution in [0, 0.1) is 5.92 Å². The van der Waals surface area contributed by atoms with Crippen LogP contribution in [0.1, 0.15) is 142 Å². The van der Waals surface area contributed by atoms with Gasteiger partial charge < -0.3 is 9.84 Å². The monoisotopic (exact) mass is 426 g/mol. The van der Waals surface area contributed by atoms with E-state index in [9.17, 15) is 9.59 Å². The number of carbonyl (C=O) groups is 2. The Labute approximate surface area is 186 Å². The highest BCUT2D eigenvalue weighted by Crippen LogP contribution is 2.21. The molecule has 0 fully saturated rings. The van der Waals surface area contributed by atoms with Crippen molar-refractivity contribution in [3.05, 3.63) is 0 Å². The largest absolute Gasteiger partial charge is 0.481 e. The van der Waals surface area contributed by atoms with E-state index in [1.165, 1.54) is 64.2 Å².